The fourth-order valence-corrected chi connectivity index (χ4v) is 2.45. The topological polar surface area (TPSA) is 26.3 Å². The van der Waals surface area contributed by atoms with Gasteiger partial charge >= 0.3 is 5.97 Å². The predicted molar refractivity (Wildman–Crippen MR) is 92.0 cm³/mol. The number of ether oxygens (including phenoxy) is 1. The van der Waals surface area contributed by atoms with Crippen LogP contribution in [0.3, 0.4) is 0 Å². The van der Waals surface area contributed by atoms with Crippen molar-refractivity contribution >= 4 is 28.6 Å². The van der Waals surface area contributed by atoms with Gasteiger partial charge in [-0.05, 0) is 53.3 Å². The van der Waals surface area contributed by atoms with Gasteiger partial charge in [-0.3, -0.25) is 4.79 Å². The van der Waals surface area contributed by atoms with Crippen LogP contribution in [0.1, 0.15) is 64.7 Å². The molecular formula is C17H25IO2. The lowest BCUT2D eigenvalue weighted by Gasteiger charge is -2.04. The molecule has 1 aromatic rings. The van der Waals surface area contributed by atoms with Crippen molar-refractivity contribution in [3.63, 3.8) is 0 Å². The molecule has 0 N–H and O–H groups in total. The summed E-state index contributed by atoms with van der Waals surface area (Å²) in [7, 11) is 0. The van der Waals surface area contributed by atoms with Gasteiger partial charge in [-0.15, -0.1) is 0 Å². The minimum atomic E-state index is -0.114. The van der Waals surface area contributed by atoms with Crippen molar-refractivity contribution in [2.45, 2.75) is 64.7 Å². The third-order valence-electron chi connectivity index (χ3n) is 3.28. The first kappa shape index (κ1) is 17.5. The first-order valence-electron chi connectivity index (χ1n) is 7.68. The van der Waals surface area contributed by atoms with E-state index in [9.17, 15) is 4.79 Å². The summed E-state index contributed by atoms with van der Waals surface area (Å²) in [4.78, 5) is 11.6. The van der Waals surface area contributed by atoms with Crippen LogP contribution in [0, 0.1) is 3.57 Å². The van der Waals surface area contributed by atoms with Gasteiger partial charge in [0, 0.05) is 9.99 Å². The Morgan fingerprint density at radius 1 is 0.950 bits per heavy atom. The van der Waals surface area contributed by atoms with E-state index in [2.05, 4.69) is 29.5 Å². The summed E-state index contributed by atoms with van der Waals surface area (Å²) in [5.74, 6) is 0.534. The summed E-state index contributed by atoms with van der Waals surface area (Å²) in [5.41, 5.74) is 0. The van der Waals surface area contributed by atoms with Gasteiger partial charge in [0.15, 0.2) is 0 Å². The Balaban J connectivity index is 2.01. The highest BCUT2D eigenvalue weighted by molar-refractivity contribution is 14.1. The molecule has 0 bridgehead atoms. The lowest BCUT2D eigenvalue weighted by atomic mass is 10.1. The molecule has 0 atom stereocenters. The van der Waals surface area contributed by atoms with Gasteiger partial charge in [-0.2, -0.15) is 0 Å². The quantitative estimate of drug-likeness (QED) is 0.222. The summed E-state index contributed by atoms with van der Waals surface area (Å²) in [5, 5.41) is 0. The summed E-state index contributed by atoms with van der Waals surface area (Å²) >= 11 is 2.23. The van der Waals surface area contributed by atoms with E-state index in [1.165, 1.54) is 38.5 Å². The van der Waals surface area contributed by atoms with Crippen LogP contribution in [0.5, 0.6) is 5.75 Å². The number of hydrogen-bond acceptors (Lipinski definition) is 2. The summed E-state index contributed by atoms with van der Waals surface area (Å²) < 4.78 is 6.43. The van der Waals surface area contributed by atoms with Crippen LogP contribution in [0.4, 0.5) is 0 Å². The fourth-order valence-electron chi connectivity index (χ4n) is 2.09. The second kappa shape index (κ2) is 11.1. The largest absolute Gasteiger partial charge is 0.427 e. The fraction of sp³-hybridized carbons (Fsp3) is 0.588. The van der Waals surface area contributed by atoms with Crippen LogP contribution in [0.15, 0.2) is 24.3 Å². The SMILES string of the molecule is CCCCCCCCCCC(=O)Oc1ccc(I)cc1. The number of carbonyl (C=O) groups excluding carboxylic acids is 1. The zero-order valence-corrected chi connectivity index (χ0v) is 14.5. The molecular weight excluding hydrogens is 363 g/mol. The van der Waals surface area contributed by atoms with E-state index in [-0.39, 0.29) is 5.97 Å². The summed E-state index contributed by atoms with van der Waals surface area (Å²) in [6.45, 7) is 2.24. The maximum absolute atomic E-state index is 11.6. The van der Waals surface area contributed by atoms with Crippen molar-refractivity contribution in [3.8, 4) is 5.75 Å². The molecule has 20 heavy (non-hydrogen) atoms. The van der Waals surface area contributed by atoms with Gasteiger partial charge in [-0.25, -0.2) is 0 Å². The van der Waals surface area contributed by atoms with Gasteiger partial charge in [0.05, 0.1) is 0 Å². The average molecular weight is 388 g/mol. The second-order valence-corrected chi connectivity index (χ2v) is 6.40. The van der Waals surface area contributed by atoms with Crippen LogP contribution < -0.4 is 4.74 Å². The summed E-state index contributed by atoms with van der Waals surface area (Å²) in [6, 6.07) is 7.57. The minimum absolute atomic E-state index is 0.114. The number of rotatable bonds is 10. The number of halogens is 1. The molecule has 2 nitrogen and oxygen atoms in total. The molecule has 0 unspecified atom stereocenters. The normalized spacial score (nSPS) is 10.5. The third-order valence-corrected chi connectivity index (χ3v) is 4.00. The van der Waals surface area contributed by atoms with Gasteiger partial charge < -0.3 is 4.74 Å². The van der Waals surface area contributed by atoms with Crippen molar-refractivity contribution in [3.05, 3.63) is 27.8 Å². The molecule has 0 spiro atoms. The highest BCUT2D eigenvalue weighted by atomic mass is 127. The molecule has 0 aliphatic rings. The first-order valence-corrected chi connectivity index (χ1v) is 8.76. The minimum Gasteiger partial charge on any atom is -0.427 e. The molecule has 0 fully saturated rings. The van der Waals surface area contributed by atoms with E-state index in [0.29, 0.717) is 12.2 Å². The molecule has 0 heterocycles. The van der Waals surface area contributed by atoms with Crippen LogP contribution in [-0.2, 0) is 4.79 Å². The molecule has 0 saturated carbocycles. The molecule has 0 aliphatic heterocycles. The molecule has 0 amide bonds. The van der Waals surface area contributed by atoms with Crippen LogP contribution in [-0.4, -0.2) is 5.97 Å². The number of hydrogen-bond donors (Lipinski definition) is 0. The maximum atomic E-state index is 11.6. The van der Waals surface area contributed by atoms with E-state index in [1.54, 1.807) is 0 Å². The average Bonchev–Trinajstić information content (AvgIpc) is 2.44. The van der Waals surface area contributed by atoms with Crippen molar-refractivity contribution in [1.29, 1.82) is 0 Å². The highest BCUT2D eigenvalue weighted by Gasteiger charge is 2.04. The maximum Gasteiger partial charge on any atom is 0.311 e. The molecule has 0 radical (unpaired) electrons. The number of unbranched alkanes of at least 4 members (excludes halogenated alkanes) is 7. The standard InChI is InChI=1S/C17H25IO2/c1-2-3-4-5-6-7-8-9-10-17(19)20-16-13-11-15(18)12-14-16/h11-14H,2-10H2,1H3. The predicted octanol–water partition coefficient (Wildman–Crippen LogP) is 5.73. The lowest BCUT2D eigenvalue weighted by molar-refractivity contribution is -0.134. The Hall–Kier alpha value is -0.580. The van der Waals surface area contributed by atoms with Crippen molar-refractivity contribution in [1.82, 2.24) is 0 Å². The molecule has 0 aliphatic carbocycles. The Morgan fingerprint density at radius 3 is 2.10 bits per heavy atom. The second-order valence-electron chi connectivity index (χ2n) is 5.15. The Labute approximate surface area is 136 Å². The smallest absolute Gasteiger partial charge is 0.311 e. The number of carbonyl (C=O) groups is 1. The monoisotopic (exact) mass is 388 g/mol. The van der Waals surface area contributed by atoms with Gasteiger partial charge in [-0.1, -0.05) is 51.9 Å². The highest BCUT2D eigenvalue weighted by Crippen LogP contribution is 2.15. The van der Waals surface area contributed by atoms with Gasteiger partial charge in [0.25, 0.3) is 0 Å². The van der Waals surface area contributed by atoms with Crippen molar-refractivity contribution in [2.75, 3.05) is 0 Å². The lowest BCUT2D eigenvalue weighted by Crippen LogP contribution is -2.07. The molecule has 3 heteroatoms. The Morgan fingerprint density at radius 2 is 1.50 bits per heavy atom. The zero-order chi connectivity index (χ0) is 14.6. The number of benzene rings is 1. The molecule has 0 aromatic heterocycles. The summed E-state index contributed by atoms with van der Waals surface area (Å²) in [6.07, 6.45) is 10.5. The Kier molecular flexibility index (Phi) is 9.71. The van der Waals surface area contributed by atoms with Crippen molar-refractivity contribution < 1.29 is 9.53 Å². The molecule has 0 saturated heterocycles. The molecule has 112 valence electrons. The van der Waals surface area contributed by atoms with E-state index in [0.717, 1.165) is 16.4 Å². The molecule has 1 rings (SSSR count). The number of esters is 1. The first-order chi connectivity index (χ1) is 9.72. The van der Waals surface area contributed by atoms with Gasteiger partial charge in [0.2, 0.25) is 0 Å². The Bertz CT molecular complexity index is 373. The van der Waals surface area contributed by atoms with E-state index in [1.807, 2.05) is 24.3 Å². The van der Waals surface area contributed by atoms with Crippen molar-refractivity contribution in [2.24, 2.45) is 0 Å². The molecule has 1 aromatic carbocycles. The van der Waals surface area contributed by atoms with E-state index >= 15 is 0 Å². The third kappa shape index (κ3) is 8.56. The van der Waals surface area contributed by atoms with E-state index in [4.69, 9.17) is 4.74 Å². The zero-order valence-electron chi connectivity index (χ0n) is 12.4. The van der Waals surface area contributed by atoms with E-state index < -0.39 is 0 Å². The van der Waals surface area contributed by atoms with Crippen LogP contribution in [0.25, 0.3) is 0 Å². The van der Waals surface area contributed by atoms with Gasteiger partial charge in [0.1, 0.15) is 5.75 Å². The van der Waals surface area contributed by atoms with Crippen LogP contribution in [0.2, 0.25) is 0 Å². The van der Waals surface area contributed by atoms with Crippen LogP contribution >= 0.6 is 22.6 Å².